The van der Waals surface area contributed by atoms with E-state index >= 15 is 0 Å². The number of benzene rings is 1. The maximum absolute atomic E-state index is 11.8. The maximum Gasteiger partial charge on any atom is 0.246 e. The van der Waals surface area contributed by atoms with Crippen molar-refractivity contribution >= 4 is 23.2 Å². The molecule has 0 bridgehead atoms. The van der Waals surface area contributed by atoms with Crippen molar-refractivity contribution in [2.75, 3.05) is 12.4 Å². The van der Waals surface area contributed by atoms with Gasteiger partial charge in [0.2, 0.25) is 5.91 Å². The molecule has 1 aromatic heterocycles. The SMILES string of the molecule is COc1ccc(NC(=O)Cn2nncc2C)cc1Cl. The largest absolute Gasteiger partial charge is 0.495 e. The number of aromatic nitrogens is 3. The molecular formula is C12H13ClN4O2. The number of nitrogens with one attached hydrogen (secondary N) is 1. The molecule has 2 aromatic rings. The minimum Gasteiger partial charge on any atom is -0.495 e. The first kappa shape index (κ1) is 13.4. The lowest BCUT2D eigenvalue weighted by Gasteiger charge is -2.08. The molecule has 1 heterocycles. The summed E-state index contributed by atoms with van der Waals surface area (Å²) in [5.74, 6) is 0.363. The topological polar surface area (TPSA) is 69.0 Å². The van der Waals surface area contributed by atoms with E-state index in [1.807, 2.05) is 6.92 Å². The molecule has 0 atom stereocenters. The number of carbonyl (C=O) groups is 1. The van der Waals surface area contributed by atoms with E-state index in [2.05, 4.69) is 15.6 Å². The lowest BCUT2D eigenvalue weighted by Crippen LogP contribution is -2.20. The van der Waals surface area contributed by atoms with E-state index in [-0.39, 0.29) is 12.5 Å². The van der Waals surface area contributed by atoms with Crippen LogP contribution in [-0.4, -0.2) is 28.0 Å². The summed E-state index contributed by atoms with van der Waals surface area (Å²) in [7, 11) is 1.53. The molecule has 1 amide bonds. The Morgan fingerprint density at radius 2 is 2.32 bits per heavy atom. The van der Waals surface area contributed by atoms with E-state index in [0.717, 1.165) is 5.69 Å². The zero-order valence-corrected chi connectivity index (χ0v) is 11.3. The number of carbonyl (C=O) groups excluding carboxylic acids is 1. The molecule has 1 aromatic carbocycles. The Kier molecular flexibility index (Phi) is 4.01. The number of nitrogens with zero attached hydrogens (tertiary/aromatic N) is 3. The predicted molar refractivity (Wildman–Crippen MR) is 71.4 cm³/mol. The Balaban J connectivity index is 2.03. The van der Waals surface area contributed by atoms with Gasteiger partial charge in [0.1, 0.15) is 12.3 Å². The molecule has 2 rings (SSSR count). The van der Waals surface area contributed by atoms with Gasteiger partial charge >= 0.3 is 0 Å². The molecule has 1 N–H and O–H groups in total. The van der Waals surface area contributed by atoms with Crippen LogP contribution in [-0.2, 0) is 11.3 Å². The second kappa shape index (κ2) is 5.71. The zero-order chi connectivity index (χ0) is 13.8. The number of amides is 1. The van der Waals surface area contributed by atoms with Gasteiger partial charge in [-0.25, -0.2) is 4.68 Å². The minimum atomic E-state index is -0.199. The molecule has 0 saturated carbocycles. The molecule has 0 aliphatic rings. The van der Waals surface area contributed by atoms with Crippen LogP contribution in [0.15, 0.2) is 24.4 Å². The fourth-order valence-electron chi connectivity index (χ4n) is 1.55. The summed E-state index contributed by atoms with van der Waals surface area (Å²) < 4.78 is 6.55. The molecule has 6 nitrogen and oxygen atoms in total. The molecule has 100 valence electrons. The smallest absolute Gasteiger partial charge is 0.246 e. The van der Waals surface area contributed by atoms with Crippen LogP contribution >= 0.6 is 11.6 Å². The number of rotatable bonds is 4. The number of ether oxygens (including phenoxy) is 1. The van der Waals surface area contributed by atoms with Crippen molar-refractivity contribution in [1.29, 1.82) is 0 Å². The molecule has 0 unspecified atom stereocenters. The number of hydrogen-bond acceptors (Lipinski definition) is 4. The molecule has 19 heavy (non-hydrogen) atoms. The number of anilines is 1. The molecule has 0 aliphatic carbocycles. The van der Waals surface area contributed by atoms with Gasteiger partial charge < -0.3 is 10.1 Å². The Labute approximate surface area is 115 Å². The van der Waals surface area contributed by atoms with Crippen LogP contribution in [0.1, 0.15) is 5.69 Å². The van der Waals surface area contributed by atoms with Crippen molar-refractivity contribution in [1.82, 2.24) is 15.0 Å². The highest BCUT2D eigenvalue weighted by Crippen LogP contribution is 2.27. The second-order valence-electron chi connectivity index (χ2n) is 3.93. The van der Waals surface area contributed by atoms with Crippen LogP contribution in [0.25, 0.3) is 0 Å². The molecule has 0 fully saturated rings. The van der Waals surface area contributed by atoms with E-state index in [1.165, 1.54) is 11.8 Å². The van der Waals surface area contributed by atoms with Gasteiger partial charge in [-0.1, -0.05) is 16.8 Å². The quantitative estimate of drug-likeness (QED) is 0.928. The lowest BCUT2D eigenvalue weighted by molar-refractivity contribution is -0.117. The standard InChI is InChI=1S/C12H13ClN4O2/c1-8-6-14-16-17(8)7-12(18)15-9-3-4-11(19-2)10(13)5-9/h3-6H,7H2,1-2H3,(H,15,18). The van der Waals surface area contributed by atoms with Crippen LogP contribution in [0.3, 0.4) is 0 Å². The van der Waals surface area contributed by atoms with Crippen molar-refractivity contribution in [2.45, 2.75) is 13.5 Å². The van der Waals surface area contributed by atoms with Gasteiger partial charge in [0.05, 0.1) is 24.0 Å². The molecule has 0 spiro atoms. The highest BCUT2D eigenvalue weighted by atomic mass is 35.5. The number of halogens is 1. The fourth-order valence-corrected chi connectivity index (χ4v) is 1.80. The van der Waals surface area contributed by atoms with Gasteiger partial charge in [-0.15, -0.1) is 5.10 Å². The van der Waals surface area contributed by atoms with E-state index < -0.39 is 0 Å². The Morgan fingerprint density at radius 3 is 2.89 bits per heavy atom. The minimum absolute atomic E-state index is 0.107. The first-order valence-electron chi connectivity index (χ1n) is 5.58. The third kappa shape index (κ3) is 3.23. The van der Waals surface area contributed by atoms with Crippen LogP contribution in [0.2, 0.25) is 5.02 Å². The normalized spacial score (nSPS) is 10.3. The predicted octanol–water partition coefficient (Wildman–Crippen LogP) is 1.89. The second-order valence-corrected chi connectivity index (χ2v) is 4.34. The van der Waals surface area contributed by atoms with E-state index in [4.69, 9.17) is 16.3 Å². The molecule has 7 heteroatoms. The van der Waals surface area contributed by atoms with Crippen LogP contribution in [0, 0.1) is 6.92 Å². The first-order chi connectivity index (χ1) is 9.10. The lowest BCUT2D eigenvalue weighted by atomic mass is 10.3. The van der Waals surface area contributed by atoms with Gasteiger partial charge in [0, 0.05) is 5.69 Å². The summed E-state index contributed by atoms with van der Waals surface area (Å²) in [5.41, 5.74) is 1.43. The zero-order valence-electron chi connectivity index (χ0n) is 10.6. The van der Waals surface area contributed by atoms with Crippen LogP contribution < -0.4 is 10.1 Å². The highest BCUT2D eigenvalue weighted by molar-refractivity contribution is 6.32. The molecule has 0 saturated heterocycles. The third-order valence-corrected chi connectivity index (χ3v) is 2.84. The van der Waals surface area contributed by atoms with Crippen molar-refractivity contribution in [3.63, 3.8) is 0 Å². The number of methoxy groups -OCH3 is 1. The Morgan fingerprint density at radius 1 is 1.53 bits per heavy atom. The van der Waals surface area contributed by atoms with Gasteiger partial charge in [-0.05, 0) is 25.1 Å². The summed E-state index contributed by atoms with van der Waals surface area (Å²) in [5, 5.41) is 10.7. The van der Waals surface area contributed by atoms with E-state index in [0.29, 0.717) is 16.5 Å². The molecule has 0 aliphatic heterocycles. The summed E-state index contributed by atoms with van der Waals surface area (Å²) in [6.45, 7) is 1.94. The summed E-state index contributed by atoms with van der Waals surface area (Å²) in [6.07, 6.45) is 1.59. The molecular weight excluding hydrogens is 268 g/mol. The summed E-state index contributed by atoms with van der Waals surface area (Å²) >= 11 is 5.98. The van der Waals surface area contributed by atoms with Crippen molar-refractivity contribution in [2.24, 2.45) is 0 Å². The Hall–Kier alpha value is -2.08. The first-order valence-corrected chi connectivity index (χ1v) is 5.96. The summed E-state index contributed by atoms with van der Waals surface area (Å²) in [4.78, 5) is 11.8. The van der Waals surface area contributed by atoms with E-state index in [9.17, 15) is 4.79 Å². The average molecular weight is 281 g/mol. The average Bonchev–Trinajstić information content (AvgIpc) is 2.75. The number of hydrogen-bond donors (Lipinski definition) is 1. The fraction of sp³-hybridized carbons (Fsp3) is 0.250. The van der Waals surface area contributed by atoms with Gasteiger partial charge in [-0.2, -0.15) is 0 Å². The van der Waals surface area contributed by atoms with Crippen molar-refractivity contribution in [3.8, 4) is 5.75 Å². The van der Waals surface area contributed by atoms with Crippen molar-refractivity contribution in [3.05, 3.63) is 35.1 Å². The Bertz CT molecular complexity index is 597. The molecule has 0 radical (unpaired) electrons. The highest BCUT2D eigenvalue weighted by Gasteiger charge is 2.08. The summed E-state index contributed by atoms with van der Waals surface area (Å²) in [6, 6.07) is 5.04. The van der Waals surface area contributed by atoms with E-state index in [1.54, 1.807) is 24.4 Å². The van der Waals surface area contributed by atoms with Gasteiger partial charge in [0.25, 0.3) is 0 Å². The maximum atomic E-state index is 11.8. The third-order valence-electron chi connectivity index (χ3n) is 2.54. The van der Waals surface area contributed by atoms with Gasteiger partial charge in [-0.3, -0.25) is 4.79 Å². The van der Waals surface area contributed by atoms with Crippen LogP contribution in [0.4, 0.5) is 5.69 Å². The monoisotopic (exact) mass is 280 g/mol. The van der Waals surface area contributed by atoms with Crippen molar-refractivity contribution < 1.29 is 9.53 Å². The van der Waals surface area contributed by atoms with Gasteiger partial charge in [0.15, 0.2) is 0 Å². The number of aryl methyl sites for hydroxylation is 1. The van der Waals surface area contributed by atoms with Crippen LogP contribution in [0.5, 0.6) is 5.75 Å².